The van der Waals surface area contributed by atoms with E-state index in [0.29, 0.717) is 23.1 Å². The zero-order chi connectivity index (χ0) is 16.5. The number of esters is 1. The summed E-state index contributed by atoms with van der Waals surface area (Å²) in [6.07, 6.45) is 1.23. The van der Waals surface area contributed by atoms with Gasteiger partial charge in [0.15, 0.2) is 0 Å². The molecule has 1 aliphatic heterocycles. The fourth-order valence-electron chi connectivity index (χ4n) is 2.65. The third-order valence-corrected chi connectivity index (χ3v) is 5.22. The van der Waals surface area contributed by atoms with Crippen molar-refractivity contribution >= 4 is 39.3 Å². The second kappa shape index (κ2) is 6.55. The van der Waals surface area contributed by atoms with E-state index in [1.54, 1.807) is 12.1 Å². The van der Waals surface area contributed by atoms with Crippen LogP contribution in [0.25, 0.3) is 10.3 Å². The summed E-state index contributed by atoms with van der Waals surface area (Å²) in [6.45, 7) is 1.51. The fourth-order valence-corrected chi connectivity index (χ4v) is 3.78. The van der Waals surface area contributed by atoms with Crippen LogP contribution in [0.15, 0.2) is 36.4 Å². The van der Waals surface area contributed by atoms with Crippen molar-refractivity contribution in [3.05, 3.63) is 47.1 Å². The number of halogens is 1. The molecule has 0 bridgehead atoms. The molecule has 4 rings (SSSR count). The topological polar surface area (TPSA) is 53.3 Å². The van der Waals surface area contributed by atoms with Gasteiger partial charge in [-0.25, -0.2) is 9.78 Å². The van der Waals surface area contributed by atoms with Gasteiger partial charge in [0.25, 0.3) is 0 Å². The Morgan fingerprint density at radius 2 is 2.21 bits per heavy atom. The van der Waals surface area contributed by atoms with Gasteiger partial charge in [0.1, 0.15) is 21.3 Å². The average Bonchev–Trinajstić information content (AvgIpc) is 3.09. The number of carbonyl (C=O) groups excluding carboxylic acids is 1. The number of imidazole rings is 1. The maximum Gasteiger partial charge on any atom is 0.353 e. The largest absolute Gasteiger partial charge is 0.422 e. The Labute approximate surface area is 147 Å². The Kier molecular flexibility index (Phi) is 4.26. The lowest BCUT2D eigenvalue weighted by atomic mass is 10.2. The minimum Gasteiger partial charge on any atom is -0.422 e. The van der Waals surface area contributed by atoms with Crippen molar-refractivity contribution in [2.75, 3.05) is 6.61 Å². The lowest BCUT2D eigenvalue weighted by Gasteiger charge is -2.27. The quantitative estimate of drug-likeness (QED) is 0.393. The van der Waals surface area contributed by atoms with Crippen molar-refractivity contribution in [2.45, 2.75) is 24.9 Å². The van der Waals surface area contributed by atoms with Crippen molar-refractivity contribution in [3.8, 4) is 5.75 Å². The van der Waals surface area contributed by atoms with E-state index in [9.17, 15) is 4.79 Å². The Balaban J connectivity index is 1.61. The highest BCUT2D eigenvalue weighted by Gasteiger charge is 2.23. The number of benzene rings is 1. The van der Waals surface area contributed by atoms with Gasteiger partial charge in [-0.05, 0) is 24.6 Å². The number of para-hydroxylation sites is 1. The van der Waals surface area contributed by atoms with Crippen LogP contribution in [0.4, 0.5) is 0 Å². The number of ether oxygens (including phenoxy) is 2. The predicted molar refractivity (Wildman–Crippen MR) is 92.9 cm³/mol. The summed E-state index contributed by atoms with van der Waals surface area (Å²) >= 11 is 7.33. The van der Waals surface area contributed by atoms with Gasteiger partial charge in [0.2, 0.25) is 0 Å². The van der Waals surface area contributed by atoms with Crippen molar-refractivity contribution in [1.29, 1.82) is 0 Å². The van der Waals surface area contributed by atoms with E-state index in [0.717, 1.165) is 29.2 Å². The van der Waals surface area contributed by atoms with E-state index < -0.39 is 0 Å². The molecule has 0 radical (unpaired) electrons. The van der Waals surface area contributed by atoms with Crippen LogP contribution in [0.3, 0.4) is 0 Å². The van der Waals surface area contributed by atoms with E-state index in [1.165, 1.54) is 11.3 Å². The highest BCUT2D eigenvalue weighted by Crippen LogP contribution is 2.29. The molecule has 3 aromatic rings. The molecule has 1 aromatic carbocycles. The third-order valence-electron chi connectivity index (χ3n) is 3.98. The predicted octanol–water partition coefficient (Wildman–Crippen LogP) is 3.84. The summed E-state index contributed by atoms with van der Waals surface area (Å²) in [6, 6.07) is 10.9. The first-order chi connectivity index (χ1) is 11.7. The molecular formula is C17H15ClN2O3S. The molecule has 1 atom stereocenters. The molecule has 0 N–H and O–H groups in total. The van der Waals surface area contributed by atoms with E-state index in [-0.39, 0.29) is 12.1 Å². The van der Waals surface area contributed by atoms with Gasteiger partial charge in [-0.2, -0.15) is 0 Å². The summed E-state index contributed by atoms with van der Waals surface area (Å²) in [5.41, 5.74) is 0.908. The van der Waals surface area contributed by atoms with E-state index >= 15 is 0 Å². The zero-order valence-electron chi connectivity index (χ0n) is 12.8. The molecule has 2 aromatic heterocycles. The summed E-state index contributed by atoms with van der Waals surface area (Å²) in [7, 11) is 0. The SMILES string of the molecule is O=C(Oc1ccccc1)c1cc2c(nc(CCl)n2C[C@@H]2CCO2)s1. The van der Waals surface area contributed by atoms with Crippen molar-refractivity contribution in [3.63, 3.8) is 0 Å². The molecule has 3 heterocycles. The maximum atomic E-state index is 12.3. The Morgan fingerprint density at radius 1 is 1.42 bits per heavy atom. The van der Waals surface area contributed by atoms with E-state index in [1.807, 2.05) is 28.8 Å². The fraction of sp³-hybridized carbons (Fsp3) is 0.294. The monoisotopic (exact) mass is 362 g/mol. The lowest BCUT2D eigenvalue weighted by Crippen LogP contribution is -2.31. The average molecular weight is 363 g/mol. The standard InChI is InChI=1S/C17H15ClN2O3S/c18-9-15-19-16-13(20(15)10-12-6-7-22-12)8-14(24-16)17(21)23-11-4-2-1-3-5-11/h1-5,8,12H,6-7,9-10H2/t12-/m0/s1. The molecule has 1 saturated heterocycles. The molecule has 124 valence electrons. The highest BCUT2D eigenvalue weighted by atomic mass is 35.5. The van der Waals surface area contributed by atoms with Crippen molar-refractivity contribution in [1.82, 2.24) is 9.55 Å². The first-order valence-corrected chi connectivity index (χ1v) is 9.03. The molecule has 0 amide bonds. The Bertz CT molecular complexity index is 871. The second-order valence-corrected chi connectivity index (χ2v) is 6.86. The molecule has 0 aliphatic carbocycles. The first-order valence-electron chi connectivity index (χ1n) is 7.68. The van der Waals surface area contributed by atoms with Gasteiger partial charge < -0.3 is 14.0 Å². The van der Waals surface area contributed by atoms with Gasteiger partial charge in [-0.1, -0.05) is 18.2 Å². The minimum atomic E-state index is -0.372. The normalized spacial score (nSPS) is 17.0. The van der Waals surface area contributed by atoms with Gasteiger partial charge in [0, 0.05) is 6.61 Å². The molecule has 24 heavy (non-hydrogen) atoms. The minimum absolute atomic E-state index is 0.198. The van der Waals surface area contributed by atoms with E-state index in [4.69, 9.17) is 21.1 Å². The molecule has 7 heteroatoms. The lowest BCUT2D eigenvalue weighted by molar-refractivity contribution is -0.0589. The van der Waals surface area contributed by atoms with Crippen LogP contribution in [-0.2, 0) is 17.2 Å². The molecule has 1 aliphatic rings. The number of rotatable bonds is 5. The Morgan fingerprint density at radius 3 is 2.88 bits per heavy atom. The molecule has 1 fully saturated rings. The maximum absolute atomic E-state index is 12.3. The molecule has 0 unspecified atom stereocenters. The van der Waals surface area contributed by atoms with Crippen LogP contribution in [-0.4, -0.2) is 28.2 Å². The van der Waals surface area contributed by atoms with Crippen LogP contribution in [0, 0.1) is 0 Å². The number of alkyl halides is 1. The van der Waals surface area contributed by atoms with Crippen LogP contribution in [0.5, 0.6) is 5.75 Å². The van der Waals surface area contributed by atoms with E-state index in [2.05, 4.69) is 4.98 Å². The molecule has 0 saturated carbocycles. The van der Waals surface area contributed by atoms with Crippen LogP contribution in [0.2, 0.25) is 0 Å². The number of aromatic nitrogens is 2. The van der Waals surface area contributed by atoms with Gasteiger partial charge in [-0.15, -0.1) is 22.9 Å². The number of hydrogen-bond donors (Lipinski definition) is 0. The zero-order valence-corrected chi connectivity index (χ0v) is 14.3. The third kappa shape index (κ3) is 2.92. The number of hydrogen-bond acceptors (Lipinski definition) is 5. The molecule has 0 spiro atoms. The van der Waals surface area contributed by atoms with Crippen molar-refractivity contribution < 1.29 is 14.3 Å². The van der Waals surface area contributed by atoms with Crippen LogP contribution in [0.1, 0.15) is 21.9 Å². The van der Waals surface area contributed by atoms with Crippen molar-refractivity contribution in [2.24, 2.45) is 0 Å². The number of fused-ring (bicyclic) bond motifs is 1. The molecule has 5 nitrogen and oxygen atoms in total. The summed E-state index contributed by atoms with van der Waals surface area (Å²) in [5, 5.41) is 0. The first kappa shape index (κ1) is 15.6. The summed E-state index contributed by atoms with van der Waals surface area (Å²) in [4.78, 5) is 18.2. The van der Waals surface area contributed by atoms with Gasteiger partial charge in [0.05, 0.1) is 24.0 Å². The number of thiophene rings is 1. The van der Waals surface area contributed by atoms with Crippen LogP contribution < -0.4 is 4.74 Å². The second-order valence-electron chi connectivity index (χ2n) is 5.56. The molecular weight excluding hydrogens is 348 g/mol. The smallest absolute Gasteiger partial charge is 0.353 e. The highest BCUT2D eigenvalue weighted by molar-refractivity contribution is 7.20. The Hall–Kier alpha value is -1.89. The van der Waals surface area contributed by atoms with Gasteiger partial charge in [-0.3, -0.25) is 0 Å². The van der Waals surface area contributed by atoms with Crippen LogP contribution >= 0.6 is 22.9 Å². The summed E-state index contributed by atoms with van der Waals surface area (Å²) < 4.78 is 12.9. The van der Waals surface area contributed by atoms with Gasteiger partial charge >= 0.3 is 5.97 Å². The number of carbonyl (C=O) groups is 1. The summed E-state index contributed by atoms with van der Waals surface area (Å²) in [5.74, 6) is 1.29. The number of nitrogens with zero attached hydrogens (tertiary/aromatic N) is 2.